The van der Waals surface area contributed by atoms with Crippen molar-refractivity contribution in [3.05, 3.63) is 29.7 Å². The maximum Gasteiger partial charge on any atom is 0.273 e. The molecule has 26 heavy (non-hydrogen) atoms. The van der Waals surface area contributed by atoms with E-state index in [1.807, 2.05) is 21.1 Å². The van der Waals surface area contributed by atoms with Crippen LogP contribution in [0.2, 0.25) is 0 Å². The van der Waals surface area contributed by atoms with E-state index >= 15 is 0 Å². The number of hydrogen-bond acceptors (Lipinski definition) is 7. The molecule has 1 fully saturated rings. The van der Waals surface area contributed by atoms with Crippen molar-refractivity contribution >= 4 is 11.7 Å². The van der Waals surface area contributed by atoms with Crippen molar-refractivity contribution in [2.75, 3.05) is 33.5 Å². The van der Waals surface area contributed by atoms with Gasteiger partial charge in [0.1, 0.15) is 23.2 Å². The SMILES string of the molecule is CN(C)Cc1nnc(C2CC(Nc3cncc(C(=O)N(C)C)n3)C2)n1C. The molecule has 0 saturated heterocycles. The summed E-state index contributed by atoms with van der Waals surface area (Å²) in [7, 11) is 9.47. The molecule has 2 aromatic rings. The number of nitrogens with zero attached hydrogens (tertiary/aromatic N) is 7. The molecule has 9 heteroatoms. The van der Waals surface area contributed by atoms with Crippen LogP contribution in [0.3, 0.4) is 0 Å². The molecular weight excluding hydrogens is 332 g/mol. The van der Waals surface area contributed by atoms with Gasteiger partial charge in [-0.05, 0) is 26.9 Å². The standard InChI is InChI=1S/C17H26N8O/c1-23(2)10-15-21-22-16(25(15)5)11-6-12(7-11)19-14-9-18-8-13(20-14)17(26)24(3)4/h8-9,11-12H,6-7,10H2,1-5H3,(H,19,20). The fraction of sp³-hybridized carbons (Fsp3) is 0.588. The number of hydrogen-bond donors (Lipinski definition) is 1. The van der Waals surface area contributed by atoms with E-state index in [2.05, 4.69) is 34.9 Å². The van der Waals surface area contributed by atoms with Crippen LogP contribution in [0.5, 0.6) is 0 Å². The van der Waals surface area contributed by atoms with Crippen molar-refractivity contribution in [1.82, 2.24) is 34.5 Å². The van der Waals surface area contributed by atoms with Crippen LogP contribution in [0.4, 0.5) is 5.82 Å². The van der Waals surface area contributed by atoms with Crippen LogP contribution in [0.15, 0.2) is 12.4 Å². The highest BCUT2D eigenvalue weighted by molar-refractivity contribution is 5.91. The summed E-state index contributed by atoms with van der Waals surface area (Å²) in [6.07, 6.45) is 5.06. The molecule has 140 valence electrons. The first-order chi connectivity index (χ1) is 12.3. The number of carbonyl (C=O) groups is 1. The van der Waals surface area contributed by atoms with Gasteiger partial charge in [0.25, 0.3) is 5.91 Å². The molecule has 2 heterocycles. The minimum Gasteiger partial charge on any atom is -0.366 e. The van der Waals surface area contributed by atoms with Gasteiger partial charge in [0.15, 0.2) is 0 Å². The number of anilines is 1. The lowest BCUT2D eigenvalue weighted by atomic mass is 9.79. The van der Waals surface area contributed by atoms with Crippen LogP contribution >= 0.6 is 0 Å². The molecule has 1 saturated carbocycles. The van der Waals surface area contributed by atoms with Gasteiger partial charge in [0, 0.05) is 33.1 Å². The zero-order chi connectivity index (χ0) is 18.8. The van der Waals surface area contributed by atoms with E-state index < -0.39 is 0 Å². The van der Waals surface area contributed by atoms with Crippen molar-refractivity contribution in [1.29, 1.82) is 0 Å². The summed E-state index contributed by atoms with van der Waals surface area (Å²) in [5.74, 6) is 2.87. The van der Waals surface area contributed by atoms with Crippen LogP contribution in [-0.2, 0) is 13.6 Å². The van der Waals surface area contributed by atoms with Gasteiger partial charge >= 0.3 is 0 Å². The Labute approximate surface area is 153 Å². The van der Waals surface area contributed by atoms with E-state index in [9.17, 15) is 4.79 Å². The third-order valence-electron chi connectivity index (χ3n) is 4.57. The summed E-state index contributed by atoms with van der Waals surface area (Å²) in [4.78, 5) is 24.1. The molecule has 1 aliphatic carbocycles. The van der Waals surface area contributed by atoms with Gasteiger partial charge in [0.05, 0.1) is 18.9 Å². The average molecular weight is 358 g/mol. The lowest BCUT2D eigenvalue weighted by Crippen LogP contribution is -2.36. The molecule has 0 aliphatic heterocycles. The Balaban J connectivity index is 1.59. The van der Waals surface area contributed by atoms with Gasteiger partial charge in [-0.15, -0.1) is 10.2 Å². The molecule has 0 atom stereocenters. The molecule has 0 radical (unpaired) electrons. The van der Waals surface area contributed by atoms with Crippen molar-refractivity contribution in [2.24, 2.45) is 7.05 Å². The van der Waals surface area contributed by atoms with Gasteiger partial charge in [0.2, 0.25) is 0 Å². The van der Waals surface area contributed by atoms with Crippen LogP contribution < -0.4 is 5.32 Å². The molecule has 0 aromatic carbocycles. The predicted molar refractivity (Wildman–Crippen MR) is 97.8 cm³/mol. The molecule has 0 bridgehead atoms. The number of amides is 1. The van der Waals surface area contributed by atoms with E-state index in [4.69, 9.17) is 0 Å². The molecule has 0 unspecified atom stereocenters. The summed E-state index contributed by atoms with van der Waals surface area (Å²) in [6, 6.07) is 0.299. The quantitative estimate of drug-likeness (QED) is 0.814. The van der Waals surface area contributed by atoms with Crippen molar-refractivity contribution in [3.8, 4) is 0 Å². The zero-order valence-electron chi connectivity index (χ0n) is 16.0. The highest BCUT2D eigenvalue weighted by Gasteiger charge is 2.34. The third-order valence-corrected chi connectivity index (χ3v) is 4.57. The lowest BCUT2D eigenvalue weighted by molar-refractivity contribution is 0.0821. The summed E-state index contributed by atoms with van der Waals surface area (Å²) < 4.78 is 2.09. The Hall–Kier alpha value is -2.55. The summed E-state index contributed by atoms with van der Waals surface area (Å²) in [5, 5.41) is 12.0. The number of nitrogens with one attached hydrogen (secondary N) is 1. The van der Waals surface area contributed by atoms with Crippen LogP contribution in [-0.4, -0.2) is 74.7 Å². The Morgan fingerprint density at radius 1 is 1.23 bits per heavy atom. The second kappa shape index (κ2) is 7.36. The average Bonchev–Trinajstić information content (AvgIpc) is 2.90. The Kier molecular flexibility index (Phi) is 5.17. The molecule has 1 amide bonds. The molecule has 1 N–H and O–H groups in total. The van der Waals surface area contributed by atoms with Crippen LogP contribution in [0.25, 0.3) is 0 Å². The highest BCUT2D eigenvalue weighted by Crippen LogP contribution is 2.37. The van der Waals surface area contributed by atoms with Crippen LogP contribution in [0, 0.1) is 0 Å². The fourth-order valence-electron chi connectivity index (χ4n) is 3.07. The molecule has 2 aromatic heterocycles. The maximum absolute atomic E-state index is 12.0. The largest absolute Gasteiger partial charge is 0.366 e. The summed E-state index contributed by atoms with van der Waals surface area (Å²) in [5.41, 5.74) is 0.345. The van der Waals surface area contributed by atoms with Gasteiger partial charge < -0.3 is 19.7 Å². The second-order valence-corrected chi connectivity index (χ2v) is 7.27. The highest BCUT2D eigenvalue weighted by atomic mass is 16.2. The first kappa shape index (κ1) is 18.2. The summed E-state index contributed by atoms with van der Waals surface area (Å²) >= 11 is 0. The lowest BCUT2D eigenvalue weighted by Gasteiger charge is -2.35. The monoisotopic (exact) mass is 358 g/mol. The second-order valence-electron chi connectivity index (χ2n) is 7.27. The normalized spacial score (nSPS) is 19.3. The maximum atomic E-state index is 12.0. The van der Waals surface area contributed by atoms with E-state index in [0.717, 1.165) is 31.0 Å². The number of rotatable bonds is 6. The molecule has 3 rings (SSSR count). The number of aromatic nitrogens is 5. The van der Waals surface area contributed by atoms with Gasteiger partial charge in [-0.25, -0.2) is 4.98 Å². The van der Waals surface area contributed by atoms with Crippen molar-refractivity contribution in [2.45, 2.75) is 31.3 Å². The van der Waals surface area contributed by atoms with Crippen molar-refractivity contribution in [3.63, 3.8) is 0 Å². The first-order valence-corrected chi connectivity index (χ1v) is 8.68. The minimum atomic E-state index is -0.153. The minimum absolute atomic E-state index is 0.153. The van der Waals surface area contributed by atoms with Gasteiger partial charge in [-0.3, -0.25) is 9.78 Å². The van der Waals surface area contributed by atoms with Gasteiger partial charge in [-0.1, -0.05) is 0 Å². The topological polar surface area (TPSA) is 92.1 Å². The molecule has 0 spiro atoms. The zero-order valence-corrected chi connectivity index (χ0v) is 16.0. The van der Waals surface area contributed by atoms with E-state index in [1.54, 1.807) is 20.3 Å². The van der Waals surface area contributed by atoms with Gasteiger partial charge in [-0.2, -0.15) is 0 Å². The molecular formula is C17H26N8O. The molecule has 9 nitrogen and oxygen atoms in total. The Morgan fingerprint density at radius 2 is 1.96 bits per heavy atom. The van der Waals surface area contributed by atoms with E-state index in [-0.39, 0.29) is 5.91 Å². The first-order valence-electron chi connectivity index (χ1n) is 8.68. The van der Waals surface area contributed by atoms with E-state index in [1.165, 1.54) is 11.1 Å². The smallest absolute Gasteiger partial charge is 0.273 e. The van der Waals surface area contributed by atoms with E-state index in [0.29, 0.717) is 23.5 Å². The summed E-state index contributed by atoms with van der Waals surface area (Å²) in [6.45, 7) is 0.778. The Bertz CT molecular complexity index is 779. The third kappa shape index (κ3) is 3.82. The van der Waals surface area contributed by atoms with Crippen LogP contribution in [0.1, 0.15) is 40.9 Å². The predicted octanol–water partition coefficient (Wildman–Crippen LogP) is 0.727. The fourth-order valence-corrected chi connectivity index (χ4v) is 3.07. The van der Waals surface area contributed by atoms with Crippen molar-refractivity contribution < 1.29 is 4.79 Å². The Morgan fingerprint density at radius 3 is 2.62 bits per heavy atom. The molecule has 1 aliphatic rings. The number of carbonyl (C=O) groups excluding carboxylic acids is 1.